The van der Waals surface area contributed by atoms with E-state index in [1.165, 1.54) is 7.11 Å². The Hall–Kier alpha value is -2.41. The minimum Gasteiger partial charge on any atom is -0.468 e. The van der Waals surface area contributed by atoms with E-state index in [1.54, 1.807) is 24.3 Å². The van der Waals surface area contributed by atoms with Gasteiger partial charge in [0.15, 0.2) is 0 Å². The molecule has 2 amide bonds. The zero-order valence-corrected chi connectivity index (χ0v) is 14.3. The van der Waals surface area contributed by atoms with Crippen LogP contribution in [-0.2, 0) is 25.5 Å². The Morgan fingerprint density at radius 1 is 1.17 bits per heavy atom. The van der Waals surface area contributed by atoms with Crippen LogP contribution in [0.1, 0.15) is 25.8 Å². The van der Waals surface area contributed by atoms with E-state index < -0.39 is 12.0 Å². The fourth-order valence-corrected chi connectivity index (χ4v) is 2.05. The molecule has 0 fully saturated rings. The molecule has 0 saturated carbocycles. The summed E-state index contributed by atoms with van der Waals surface area (Å²) in [5.74, 6) is -0.667. The van der Waals surface area contributed by atoms with E-state index in [-0.39, 0.29) is 24.8 Å². The molecule has 0 unspecified atom stereocenters. The number of esters is 1. The summed E-state index contributed by atoms with van der Waals surface area (Å²) < 4.78 is 4.44. The number of nitrogens with two attached hydrogens (primary N) is 1. The molecular formula is C17H25N3O4. The van der Waals surface area contributed by atoms with E-state index in [4.69, 9.17) is 5.73 Å². The lowest BCUT2D eigenvalue weighted by Gasteiger charge is -2.14. The lowest BCUT2D eigenvalue weighted by Crippen LogP contribution is -2.36. The van der Waals surface area contributed by atoms with Crippen LogP contribution in [-0.4, -0.2) is 37.5 Å². The molecule has 24 heavy (non-hydrogen) atoms. The van der Waals surface area contributed by atoms with Gasteiger partial charge in [0.25, 0.3) is 0 Å². The van der Waals surface area contributed by atoms with Crippen molar-refractivity contribution < 1.29 is 19.1 Å². The molecule has 0 aliphatic carbocycles. The van der Waals surface area contributed by atoms with Crippen LogP contribution in [0.3, 0.4) is 0 Å². The Labute approximate surface area is 141 Å². The van der Waals surface area contributed by atoms with Crippen molar-refractivity contribution in [3.8, 4) is 0 Å². The third-order valence-corrected chi connectivity index (χ3v) is 3.31. The second-order valence-electron chi connectivity index (χ2n) is 5.95. The molecule has 0 aliphatic rings. The zero-order valence-electron chi connectivity index (χ0n) is 14.3. The maximum Gasteiger partial charge on any atom is 0.325 e. The molecule has 0 bridgehead atoms. The maximum absolute atomic E-state index is 11.9. The summed E-state index contributed by atoms with van der Waals surface area (Å²) in [5.41, 5.74) is 7.22. The highest BCUT2D eigenvalue weighted by molar-refractivity contribution is 5.94. The highest BCUT2D eigenvalue weighted by Crippen LogP contribution is 2.12. The Bertz CT molecular complexity index is 570. The van der Waals surface area contributed by atoms with Gasteiger partial charge in [-0.3, -0.25) is 14.4 Å². The molecule has 4 N–H and O–H groups in total. The summed E-state index contributed by atoms with van der Waals surface area (Å²) in [5, 5.41) is 5.21. The van der Waals surface area contributed by atoms with Gasteiger partial charge in [-0.1, -0.05) is 26.0 Å². The van der Waals surface area contributed by atoms with E-state index in [0.717, 1.165) is 5.56 Å². The summed E-state index contributed by atoms with van der Waals surface area (Å²) in [6.07, 6.45) is 0.752. The van der Waals surface area contributed by atoms with E-state index in [0.29, 0.717) is 18.0 Å². The predicted molar refractivity (Wildman–Crippen MR) is 91.2 cm³/mol. The van der Waals surface area contributed by atoms with Crippen molar-refractivity contribution in [2.24, 2.45) is 11.7 Å². The molecular weight excluding hydrogens is 310 g/mol. The second kappa shape index (κ2) is 9.67. The van der Waals surface area contributed by atoms with Gasteiger partial charge >= 0.3 is 5.97 Å². The number of carbonyl (C=O) groups excluding carboxylic acids is 3. The lowest BCUT2D eigenvalue weighted by atomic mass is 10.0. The number of benzene rings is 1. The largest absolute Gasteiger partial charge is 0.468 e. The first-order valence-electron chi connectivity index (χ1n) is 7.80. The first kappa shape index (κ1) is 19.6. The quantitative estimate of drug-likeness (QED) is 0.610. The van der Waals surface area contributed by atoms with Crippen molar-refractivity contribution in [1.82, 2.24) is 5.32 Å². The summed E-state index contributed by atoms with van der Waals surface area (Å²) >= 11 is 0. The fourth-order valence-electron chi connectivity index (χ4n) is 2.05. The molecule has 7 nitrogen and oxygen atoms in total. The van der Waals surface area contributed by atoms with Crippen LogP contribution in [0.25, 0.3) is 0 Å². The Balaban J connectivity index is 2.49. The second-order valence-corrected chi connectivity index (χ2v) is 5.95. The molecule has 1 atom stereocenters. The number of nitrogens with one attached hydrogen (secondary N) is 2. The average molecular weight is 335 g/mol. The summed E-state index contributed by atoms with van der Waals surface area (Å²) in [6.45, 7) is 3.86. The molecule has 1 aromatic rings. The molecule has 1 rings (SSSR count). The number of amides is 2. The molecule has 0 heterocycles. The van der Waals surface area contributed by atoms with Crippen LogP contribution in [0.15, 0.2) is 24.3 Å². The first-order chi connectivity index (χ1) is 11.3. The average Bonchev–Trinajstić information content (AvgIpc) is 2.53. The molecule has 7 heteroatoms. The number of hydrogen-bond acceptors (Lipinski definition) is 5. The van der Waals surface area contributed by atoms with Crippen LogP contribution in [0.5, 0.6) is 0 Å². The van der Waals surface area contributed by atoms with Gasteiger partial charge in [-0.25, -0.2) is 0 Å². The number of hydrogen-bond donors (Lipinski definition) is 3. The van der Waals surface area contributed by atoms with Crippen molar-refractivity contribution >= 4 is 23.5 Å². The van der Waals surface area contributed by atoms with Crippen LogP contribution in [0.2, 0.25) is 0 Å². The third kappa shape index (κ3) is 7.23. The number of anilines is 1. The molecule has 0 aliphatic heterocycles. The van der Waals surface area contributed by atoms with Gasteiger partial charge in [0.1, 0.15) is 6.54 Å². The van der Waals surface area contributed by atoms with Crippen molar-refractivity contribution in [2.75, 3.05) is 19.0 Å². The zero-order chi connectivity index (χ0) is 18.1. The van der Waals surface area contributed by atoms with E-state index in [2.05, 4.69) is 15.4 Å². The highest BCUT2D eigenvalue weighted by atomic mass is 16.5. The van der Waals surface area contributed by atoms with Crippen LogP contribution in [0.4, 0.5) is 5.69 Å². The summed E-state index contributed by atoms with van der Waals surface area (Å²) in [6, 6.07) is 6.35. The van der Waals surface area contributed by atoms with Crippen molar-refractivity contribution in [2.45, 2.75) is 32.7 Å². The minimum absolute atomic E-state index is 0.137. The number of rotatable bonds is 8. The normalized spacial score (nSPS) is 11.7. The smallest absolute Gasteiger partial charge is 0.325 e. The van der Waals surface area contributed by atoms with Gasteiger partial charge in [0.05, 0.1) is 19.6 Å². The maximum atomic E-state index is 11.9. The van der Waals surface area contributed by atoms with E-state index in [9.17, 15) is 14.4 Å². The van der Waals surface area contributed by atoms with Crippen LogP contribution < -0.4 is 16.4 Å². The number of methoxy groups -OCH3 is 1. The topological polar surface area (TPSA) is 111 Å². The number of ether oxygens (including phenoxy) is 1. The van der Waals surface area contributed by atoms with Gasteiger partial charge in [0.2, 0.25) is 11.8 Å². The van der Waals surface area contributed by atoms with Gasteiger partial charge in [-0.05, 0) is 30.0 Å². The molecule has 132 valence electrons. The molecule has 0 radical (unpaired) electrons. The Morgan fingerprint density at radius 3 is 2.33 bits per heavy atom. The monoisotopic (exact) mass is 335 g/mol. The SMILES string of the molecule is COC(=O)CNC(=O)Cc1ccc(NC(=O)[C@@H](N)CC(C)C)cc1. The van der Waals surface area contributed by atoms with Gasteiger partial charge in [0, 0.05) is 5.69 Å². The lowest BCUT2D eigenvalue weighted by molar-refractivity contribution is -0.141. The van der Waals surface area contributed by atoms with Crippen molar-refractivity contribution in [3.05, 3.63) is 29.8 Å². The fraction of sp³-hybridized carbons (Fsp3) is 0.471. The van der Waals surface area contributed by atoms with Crippen molar-refractivity contribution in [1.29, 1.82) is 0 Å². The molecule has 0 saturated heterocycles. The first-order valence-corrected chi connectivity index (χ1v) is 7.80. The third-order valence-electron chi connectivity index (χ3n) is 3.31. The predicted octanol–water partition coefficient (Wildman–Crippen LogP) is 0.830. The van der Waals surface area contributed by atoms with E-state index >= 15 is 0 Å². The number of carbonyl (C=O) groups is 3. The standard InChI is InChI=1S/C17H25N3O4/c1-11(2)8-14(18)17(23)20-13-6-4-12(5-7-13)9-15(21)19-10-16(22)24-3/h4-7,11,14H,8-10,18H2,1-3H3,(H,19,21)(H,20,23)/t14-/m0/s1. The van der Waals surface area contributed by atoms with Gasteiger partial charge in [-0.15, -0.1) is 0 Å². The molecule has 1 aromatic carbocycles. The minimum atomic E-state index is -0.547. The van der Waals surface area contributed by atoms with Gasteiger partial charge in [-0.2, -0.15) is 0 Å². The Morgan fingerprint density at radius 2 is 1.79 bits per heavy atom. The molecule has 0 spiro atoms. The van der Waals surface area contributed by atoms with Crippen LogP contribution >= 0.6 is 0 Å². The summed E-state index contributed by atoms with van der Waals surface area (Å²) in [7, 11) is 1.26. The van der Waals surface area contributed by atoms with E-state index in [1.807, 2.05) is 13.8 Å². The van der Waals surface area contributed by atoms with Gasteiger partial charge < -0.3 is 21.1 Å². The van der Waals surface area contributed by atoms with Crippen molar-refractivity contribution in [3.63, 3.8) is 0 Å². The van der Waals surface area contributed by atoms with Crippen LogP contribution in [0, 0.1) is 5.92 Å². The Kier molecular flexibility index (Phi) is 7.91. The molecule has 0 aromatic heterocycles. The summed E-state index contributed by atoms with van der Waals surface area (Å²) in [4.78, 5) is 34.6. The highest BCUT2D eigenvalue weighted by Gasteiger charge is 2.15.